The summed E-state index contributed by atoms with van der Waals surface area (Å²) in [5, 5.41) is 8.67. The van der Waals surface area contributed by atoms with Crippen molar-refractivity contribution < 1.29 is 13.2 Å². The maximum absolute atomic E-state index is 11.8. The summed E-state index contributed by atoms with van der Waals surface area (Å²) in [4.78, 5) is 0. The summed E-state index contributed by atoms with van der Waals surface area (Å²) in [7, 11) is -3.38. The second kappa shape index (κ2) is 8.48. The third kappa shape index (κ3) is 6.48. The van der Waals surface area contributed by atoms with Crippen molar-refractivity contribution in [3.63, 3.8) is 0 Å². The SMILES string of the molecule is C=CCCOCCNS(=O)(=O)Cc1ccc(C#N)cc1. The Kier molecular flexibility index (Phi) is 6.94. The van der Waals surface area contributed by atoms with Crippen molar-refractivity contribution in [3.8, 4) is 6.07 Å². The third-order valence-electron chi connectivity index (χ3n) is 2.47. The van der Waals surface area contributed by atoms with Gasteiger partial charge in [0.2, 0.25) is 10.0 Å². The number of ether oxygens (including phenoxy) is 1. The molecule has 0 heterocycles. The molecule has 20 heavy (non-hydrogen) atoms. The first-order chi connectivity index (χ1) is 9.57. The van der Waals surface area contributed by atoms with E-state index in [-0.39, 0.29) is 12.3 Å². The van der Waals surface area contributed by atoms with Crippen molar-refractivity contribution in [1.82, 2.24) is 4.72 Å². The van der Waals surface area contributed by atoms with E-state index >= 15 is 0 Å². The van der Waals surface area contributed by atoms with Crippen LogP contribution in [0.15, 0.2) is 36.9 Å². The highest BCUT2D eigenvalue weighted by molar-refractivity contribution is 7.88. The van der Waals surface area contributed by atoms with Crippen molar-refractivity contribution >= 4 is 10.0 Å². The summed E-state index contributed by atoms with van der Waals surface area (Å²) < 4.78 is 31.3. The minimum Gasteiger partial charge on any atom is -0.380 e. The topological polar surface area (TPSA) is 79.2 Å². The van der Waals surface area contributed by atoms with E-state index in [0.29, 0.717) is 24.3 Å². The minimum atomic E-state index is -3.38. The maximum Gasteiger partial charge on any atom is 0.215 e. The first-order valence-corrected chi connectivity index (χ1v) is 7.87. The van der Waals surface area contributed by atoms with Gasteiger partial charge in [0, 0.05) is 6.54 Å². The van der Waals surface area contributed by atoms with Crippen LogP contribution in [0.1, 0.15) is 17.5 Å². The highest BCUT2D eigenvalue weighted by Crippen LogP contribution is 2.06. The van der Waals surface area contributed by atoms with E-state index in [4.69, 9.17) is 10.00 Å². The fourth-order valence-electron chi connectivity index (χ4n) is 1.48. The zero-order chi connectivity index (χ0) is 14.8. The second-order valence-corrected chi connectivity index (χ2v) is 5.96. The molecule has 0 spiro atoms. The van der Waals surface area contributed by atoms with E-state index in [0.717, 1.165) is 6.42 Å². The molecule has 1 aromatic carbocycles. The Morgan fingerprint density at radius 1 is 1.30 bits per heavy atom. The van der Waals surface area contributed by atoms with Crippen molar-refractivity contribution in [2.45, 2.75) is 12.2 Å². The quantitative estimate of drug-likeness (QED) is 0.554. The number of nitrogens with one attached hydrogen (secondary N) is 1. The van der Waals surface area contributed by atoms with Crippen molar-refractivity contribution in [3.05, 3.63) is 48.0 Å². The van der Waals surface area contributed by atoms with Crippen molar-refractivity contribution in [1.29, 1.82) is 5.26 Å². The van der Waals surface area contributed by atoms with Gasteiger partial charge in [-0.15, -0.1) is 6.58 Å². The molecule has 0 aliphatic heterocycles. The van der Waals surface area contributed by atoms with Gasteiger partial charge in [-0.05, 0) is 24.1 Å². The van der Waals surface area contributed by atoms with Crippen molar-refractivity contribution in [2.75, 3.05) is 19.8 Å². The Bertz CT molecular complexity index is 559. The Balaban J connectivity index is 2.37. The molecule has 0 saturated heterocycles. The predicted molar refractivity (Wildman–Crippen MR) is 77.4 cm³/mol. The number of rotatable bonds is 9. The van der Waals surface area contributed by atoms with Gasteiger partial charge in [0.25, 0.3) is 0 Å². The van der Waals surface area contributed by atoms with Gasteiger partial charge in [0.15, 0.2) is 0 Å². The molecule has 0 saturated carbocycles. The first kappa shape index (κ1) is 16.4. The molecular formula is C14H18N2O3S. The normalized spacial score (nSPS) is 10.9. The Morgan fingerprint density at radius 2 is 2.00 bits per heavy atom. The van der Waals surface area contributed by atoms with Gasteiger partial charge >= 0.3 is 0 Å². The summed E-state index contributed by atoms with van der Waals surface area (Å²) in [6.07, 6.45) is 2.49. The number of sulfonamides is 1. The van der Waals surface area contributed by atoms with Gasteiger partial charge in [-0.2, -0.15) is 5.26 Å². The van der Waals surface area contributed by atoms with Crippen LogP contribution in [0.3, 0.4) is 0 Å². The van der Waals surface area contributed by atoms with Gasteiger partial charge < -0.3 is 4.74 Å². The van der Waals surface area contributed by atoms with Gasteiger partial charge in [-0.25, -0.2) is 13.1 Å². The van der Waals surface area contributed by atoms with Gasteiger partial charge in [0.1, 0.15) is 0 Å². The molecule has 0 aliphatic rings. The van der Waals surface area contributed by atoms with E-state index in [1.54, 1.807) is 30.3 Å². The van der Waals surface area contributed by atoms with Crippen molar-refractivity contribution in [2.24, 2.45) is 0 Å². The molecule has 1 N–H and O–H groups in total. The highest BCUT2D eigenvalue weighted by Gasteiger charge is 2.10. The zero-order valence-electron chi connectivity index (χ0n) is 11.2. The monoisotopic (exact) mass is 294 g/mol. The standard InChI is InChI=1S/C14H18N2O3S/c1-2-3-9-19-10-8-16-20(17,18)12-14-6-4-13(11-15)5-7-14/h2,4-7,16H,1,3,8-10,12H2. The zero-order valence-corrected chi connectivity index (χ0v) is 12.0. The lowest BCUT2D eigenvalue weighted by molar-refractivity contribution is 0.144. The van der Waals surface area contributed by atoms with E-state index in [2.05, 4.69) is 11.3 Å². The summed E-state index contributed by atoms with van der Waals surface area (Å²) in [5.74, 6) is -0.106. The molecule has 5 nitrogen and oxygen atoms in total. The molecule has 0 unspecified atom stereocenters. The Labute approximate surface area is 119 Å². The Morgan fingerprint density at radius 3 is 2.60 bits per heavy atom. The van der Waals surface area contributed by atoms with Crippen LogP contribution in [-0.4, -0.2) is 28.2 Å². The highest BCUT2D eigenvalue weighted by atomic mass is 32.2. The molecule has 0 fully saturated rings. The fraction of sp³-hybridized carbons (Fsp3) is 0.357. The molecule has 108 valence electrons. The average Bonchev–Trinajstić information content (AvgIpc) is 2.43. The van der Waals surface area contributed by atoms with Crippen LogP contribution >= 0.6 is 0 Å². The number of hydrogen-bond acceptors (Lipinski definition) is 4. The maximum atomic E-state index is 11.8. The summed E-state index contributed by atoms with van der Waals surface area (Å²) in [5.41, 5.74) is 1.15. The smallest absolute Gasteiger partial charge is 0.215 e. The van der Waals surface area contributed by atoms with Crippen LogP contribution in [0, 0.1) is 11.3 Å². The predicted octanol–water partition coefficient (Wildman–Crippen LogP) is 1.57. The third-order valence-corrected chi connectivity index (χ3v) is 3.83. The van der Waals surface area contributed by atoms with E-state index in [1.165, 1.54) is 0 Å². The van der Waals surface area contributed by atoms with Gasteiger partial charge in [-0.1, -0.05) is 18.2 Å². The Hall–Kier alpha value is -1.68. The van der Waals surface area contributed by atoms with Crippen LogP contribution in [0.5, 0.6) is 0 Å². The van der Waals surface area contributed by atoms with Gasteiger partial charge in [0.05, 0.1) is 30.6 Å². The molecule has 0 atom stereocenters. The van der Waals surface area contributed by atoms with Crippen LogP contribution in [0.25, 0.3) is 0 Å². The number of benzene rings is 1. The van der Waals surface area contributed by atoms with E-state index in [9.17, 15) is 8.42 Å². The molecule has 0 amide bonds. The van der Waals surface area contributed by atoms with E-state index < -0.39 is 10.0 Å². The molecule has 0 radical (unpaired) electrons. The molecular weight excluding hydrogens is 276 g/mol. The summed E-state index contributed by atoms with van der Waals surface area (Å²) >= 11 is 0. The number of nitriles is 1. The average molecular weight is 294 g/mol. The summed E-state index contributed by atoms with van der Waals surface area (Å²) in [6.45, 7) is 4.69. The summed E-state index contributed by atoms with van der Waals surface area (Å²) in [6, 6.07) is 8.46. The van der Waals surface area contributed by atoms with Gasteiger partial charge in [-0.3, -0.25) is 0 Å². The number of hydrogen-bond donors (Lipinski definition) is 1. The molecule has 0 aromatic heterocycles. The number of nitrogens with zero attached hydrogens (tertiary/aromatic N) is 1. The van der Waals surface area contributed by atoms with Crippen LogP contribution in [0.2, 0.25) is 0 Å². The molecule has 1 rings (SSSR count). The lowest BCUT2D eigenvalue weighted by Crippen LogP contribution is -2.28. The lowest BCUT2D eigenvalue weighted by atomic mass is 10.2. The minimum absolute atomic E-state index is 0.106. The van der Waals surface area contributed by atoms with Crippen LogP contribution in [-0.2, 0) is 20.5 Å². The largest absolute Gasteiger partial charge is 0.380 e. The first-order valence-electron chi connectivity index (χ1n) is 6.22. The molecule has 6 heteroatoms. The van der Waals surface area contributed by atoms with Crippen LogP contribution < -0.4 is 4.72 Å². The second-order valence-electron chi connectivity index (χ2n) is 4.15. The van der Waals surface area contributed by atoms with E-state index in [1.807, 2.05) is 6.07 Å². The molecule has 0 bridgehead atoms. The fourth-order valence-corrected chi connectivity index (χ4v) is 2.61. The molecule has 1 aromatic rings. The molecule has 0 aliphatic carbocycles. The van der Waals surface area contributed by atoms with Crippen LogP contribution in [0.4, 0.5) is 0 Å². The lowest BCUT2D eigenvalue weighted by Gasteiger charge is -2.07.